The molecule has 82 valence electrons. The molecule has 0 saturated carbocycles. The van der Waals surface area contributed by atoms with E-state index in [-0.39, 0.29) is 16.8 Å². The molecule has 0 aliphatic heterocycles. The second kappa shape index (κ2) is 4.73. The van der Waals surface area contributed by atoms with Gasteiger partial charge in [0, 0.05) is 11.8 Å². The number of hydrogen-bond donors (Lipinski definition) is 0. The Bertz CT molecular complexity index is 602. The van der Waals surface area contributed by atoms with Gasteiger partial charge < -0.3 is 0 Å². The maximum absolute atomic E-state index is 12.0. The molecule has 0 bridgehead atoms. The molecule has 1 aromatic heterocycles. The maximum atomic E-state index is 12.0. The van der Waals surface area contributed by atoms with E-state index in [1.165, 1.54) is 12.3 Å². The molecule has 1 heterocycles. The van der Waals surface area contributed by atoms with Crippen LogP contribution < -0.4 is 0 Å². The van der Waals surface area contributed by atoms with Crippen LogP contribution in [0.2, 0.25) is 5.28 Å². The second-order valence-corrected chi connectivity index (χ2v) is 3.54. The normalized spacial score (nSPS) is 9.65. The van der Waals surface area contributed by atoms with Gasteiger partial charge in [-0.2, -0.15) is 0 Å². The highest BCUT2D eigenvalue weighted by Crippen LogP contribution is 2.15. The van der Waals surface area contributed by atoms with Gasteiger partial charge in [-0.15, -0.1) is 0 Å². The largest absolute Gasteiger partial charge is 0.287 e. The molecular weight excluding hydrogens is 238 g/mol. The minimum absolute atomic E-state index is 0.0358. The van der Waals surface area contributed by atoms with Crippen LogP contribution in [0.4, 0.5) is 5.69 Å². The van der Waals surface area contributed by atoms with Gasteiger partial charge in [0.1, 0.15) is 5.69 Å². The number of ketones is 1. The number of carbonyl (C=O) groups excluding carboxylic acids is 1. The van der Waals surface area contributed by atoms with E-state index in [2.05, 4.69) is 14.8 Å². The molecule has 5 heteroatoms. The summed E-state index contributed by atoms with van der Waals surface area (Å²) in [4.78, 5) is 22.8. The lowest BCUT2D eigenvalue weighted by molar-refractivity contribution is 0.103. The number of halogens is 1. The second-order valence-electron chi connectivity index (χ2n) is 3.20. The van der Waals surface area contributed by atoms with Crippen molar-refractivity contribution in [3.8, 4) is 0 Å². The van der Waals surface area contributed by atoms with E-state index in [9.17, 15) is 4.79 Å². The van der Waals surface area contributed by atoms with Gasteiger partial charge in [-0.05, 0) is 17.7 Å². The van der Waals surface area contributed by atoms with Crippen molar-refractivity contribution in [1.29, 1.82) is 0 Å². The van der Waals surface area contributed by atoms with Crippen LogP contribution >= 0.6 is 11.6 Å². The quantitative estimate of drug-likeness (QED) is 0.463. The molecule has 2 rings (SSSR count). The molecule has 0 unspecified atom stereocenters. The number of hydrogen-bond acceptors (Lipinski definition) is 3. The summed E-state index contributed by atoms with van der Waals surface area (Å²) in [6.07, 6.45) is 1.43. The van der Waals surface area contributed by atoms with Crippen LogP contribution in [0, 0.1) is 6.57 Å². The van der Waals surface area contributed by atoms with Gasteiger partial charge in [-0.25, -0.2) is 14.8 Å². The molecule has 0 fully saturated rings. The fraction of sp³-hybridized carbons (Fsp3) is 0. The van der Waals surface area contributed by atoms with Crippen molar-refractivity contribution in [1.82, 2.24) is 9.97 Å². The molecule has 0 radical (unpaired) electrons. The summed E-state index contributed by atoms with van der Waals surface area (Å²) in [5.41, 5.74) is 1.19. The molecule has 4 nitrogen and oxygen atoms in total. The van der Waals surface area contributed by atoms with Crippen molar-refractivity contribution in [3.05, 3.63) is 64.5 Å². The Balaban J connectivity index is 2.34. The van der Waals surface area contributed by atoms with E-state index in [1.807, 2.05) is 0 Å². The smallest absolute Gasteiger partial charge is 0.222 e. The highest BCUT2D eigenvalue weighted by molar-refractivity contribution is 6.28. The third-order valence-electron chi connectivity index (χ3n) is 2.12. The minimum atomic E-state index is -0.245. The third kappa shape index (κ3) is 2.47. The van der Waals surface area contributed by atoms with Crippen LogP contribution in [0.25, 0.3) is 4.85 Å². The van der Waals surface area contributed by atoms with E-state index in [0.717, 1.165) is 0 Å². The van der Waals surface area contributed by atoms with Crippen LogP contribution in [0.5, 0.6) is 0 Å². The Morgan fingerprint density at radius 2 is 1.94 bits per heavy atom. The van der Waals surface area contributed by atoms with Crippen LogP contribution in [0.1, 0.15) is 16.1 Å². The molecule has 0 aliphatic carbocycles. The van der Waals surface area contributed by atoms with Gasteiger partial charge >= 0.3 is 0 Å². The molecule has 0 aliphatic rings. The van der Waals surface area contributed by atoms with Crippen molar-refractivity contribution in [2.75, 3.05) is 0 Å². The highest BCUT2D eigenvalue weighted by Gasteiger charge is 2.10. The first-order valence-electron chi connectivity index (χ1n) is 4.71. The monoisotopic (exact) mass is 243 g/mol. The van der Waals surface area contributed by atoms with E-state index >= 15 is 0 Å². The van der Waals surface area contributed by atoms with Crippen molar-refractivity contribution < 1.29 is 4.79 Å². The summed E-state index contributed by atoms with van der Waals surface area (Å²) in [7, 11) is 0. The molecule has 1 aromatic carbocycles. The van der Waals surface area contributed by atoms with Gasteiger partial charge in [0.25, 0.3) is 0 Å². The predicted octanol–water partition coefficient (Wildman–Crippen LogP) is 2.91. The van der Waals surface area contributed by atoms with Crippen molar-refractivity contribution in [3.63, 3.8) is 0 Å². The third-order valence-corrected chi connectivity index (χ3v) is 2.30. The Kier molecular flexibility index (Phi) is 3.12. The summed E-state index contributed by atoms with van der Waals surface area (Å²) >= 11 is 5.61. The van der Waals surface area contributed by atoms with E-state index in [0.29, 0.717) is 11.3 Å². The summed E-state index contributed by atoms with van der Waals surface area (Å²) < 4.78 is 0. The van der Waals surface area contributed by atoms with E-state index in [4.69, 9.17) is 18.2 Å². The minimum Gasteiger partial charge on any atom is -0.287 e. The van der Waals surface area contributed by atoms with Crippen molar-refractivity contribution in [2.45, 2.75) is 0 Å². The first-order valence-corrected chi connectivity index (χ1v) is 5.09. The summed E-state index contributed by atoms with van der Waals surface area (Å²) in [6.45, 7) is 6.82. The number of aromatic nitrogens is 2. The van der Waals surface area contributed by atoms with Gasteiger partial charge in [0.05, 0.1) is 6.57 Å². The molecule has 0 saturated heterocycles. The lowest BCUT2D eigenvalue weighted by Gasteiger charge is -2.00. The molecule has 0 atom stereocenters. The van der Waals surface area contributed by atoms with Crippen LogP contribution in [-0.4, -0.2) is 15.8 Å². The maximum Gasteiger partial charge on any atom is 0.222 e. The van der Waals surface area contributed by atoms with Crippen LogP contribution in [-0.2, 0) is 0 Å². The number of nitrogens with zero attached hydrogens (tertiary/aromatic N) is 3. The summed E-state index contributed by atoms with van der Waals surface area (Å²) in [6, 6.07) is 7.85. The first-order chi connectivity index (χ1) is 8.20. The summed E-state index contributed by atoms with van der Waals surface area (Å²) in [5, 5.41) is 0.0358. The fourth-order valence-electron chi connectivity index (χ4n) is 1.30. The molecule has 0 spiro atoms. The molecule has 0 N–H and O–H groups in total. The predicted molar refractivity (Wildman–Crippen MR) is 63.2 cm³/mol. The Hall–Kier alpha value is -2.25. The molecule has 17 heavy (non-hydrogen) atoms. The van der Waals surface area contributed by atoms with Crippen molar-refractivity contribution in [2.24, 2.45) is 0 Å². The zero-order valence-electron chi connectivity index (χ0n) is 8.59. The van der Waals surface area contributed by atoms with Gasteiger partial charge in [0.15, 0.2) is 5.69 Å². The average Bonchev–Trinajstić information content (AvgIpc) is 2.38. The van der Waals surface area contributed by atoms with Crippen LogP contribution in [0.15, 0.2) is 36.5 Å². The standard InChI is InChI=1S/C12H6ClN3O/c1-14-9-4-2-8(3-5-9)11(17)10-6-7-15-12(13)16-10/h2-7H. The SMILES string of the molecule is [C-]#[N+]c1ccc(C(=O)c2ccnc(Cl)n2)cc1. The number of benzene rings is 1. The first kappa shape index (κ1) is 11.2. The highest BCUT2D eigenvalue weighted by atomic mass is 35.5. The van der Waals surface area contributed by atoms with Gasteiger partial charge in [0.2, 0.25) is 11.1 Å². The Morgan fingerprint density at radius 3 is 2.53 bits per heavy atom. The van der Waals surface area contributed by atoms with Gasteiger partial charge in [-0.1, -0.05) is 24.3 Å². The summed E-state index contributed by atoms with van der Waals surface area (Å²) in [5.74, 6) is -0.245. The van der Waals surface area contributed by atoms with Crippen molar-refractivity contribution >= 4 is 23.1 Å². The zero-order valence-corrected chi connectivity index (χ0v) is 9.35. The number of rotatable bonds is 2. The molecule has 0 amide bonds. The van der Waals surface area contributed by atoms with Crippen LogP contribution in [0.3, 0.4) is 0 Å². The molecular formula is C12H6ClN3O. The average molecular weight is 244 g/mol. The lowest BCUT2D eigenvalue weighted by Crippen LogP contribution is -2.04. The zero-order chi connectivity index (χ0) is 12.3. The van der Waals surface area contributed by atoms with E-state index in [1.54, 1.807) is 24.3 Å². The Labute approximate surface area is 103 Å². The topological polar surface area (TPSA) is 47.2 Å². The Morgan fingerprint density at radius 1 is 1.24 bits per heavy atom. The lowest BCUT2D eigenvalue weighted by atomic mass is 10.1. The molecule has 2 aromatic rings. The van der Waals surface area contributed by atoms with E-state index < -0.39 is 0 Å². The number of carbonyl (C=O) groups is 1. The fourth-order valence-corrected chi connectivity index (χ4v) is 1.44. The van der Waals surface area contributed by atoms with Gasteiger partial charge in [-0.3, -0.25) is 4.79 Å².